The molecule has 0 amide bonds. The highest BCUT2D eigenvalue weighted by molar-refractivity contribution is 7.91. The van der Waals surface area contributed by atoms with Crippen molar-refractivity contribution in [2.75, 3.05) is 29.5 Å². The van der Waals surface area contributed by atoms with Gasteiger partial charge in [0.25, 0.3) is 0 Å². The maximum absolute atomic E-state index is 13.9. The third-order valence-electron chi connectivity index (χ3n) is 3.14. The number of rotatable bonds is 2. The van der Waals surface area contributed by atoms with E-state index in [1.54, 1.807) is 24.0 Å². The molecule has 0 aliphatic carbocycles. The Labute approximate surface area is 106 Å². The van der Waals surface area contributed by atoms with Crippen molar-refractivity contribution in [3.05, 3.63) is 29.6 Å². The van der Waals surface area contributed by atoms with Crippen LogP contribution in [0, 0.1) is 5.82 Å². The monoisotopic (exact) mass is 273 g/mol. The molecule has 1 atom stereocenters. The number of sulfone groups is 1. The molecule has 6 heteroatoms. The van der Waals surface area contributed by atoms with Crippen molar-refractivity contribution in [3.63, 3.8) is 0 Å². The van der Waals surface area contributed by atoms with E-state index in [-0.39, 0.29) is 11.5 Å². The standard InChI is InChI=1S/C12H16FNO3S/c1-9(15)10-2-3-12(11(13)8-10)14-4-6-18(16,17)7-5-14/h2-3,8-9,15H,4-7H2,1H3. The number of halogens is 1. The van der Waals surface area contributed by atoms with Crippen LogP contribution >= 0.6 is 0 Å². The van der Waals surface area contributed by atoms with Crippen LogP contribution in [-0.4, -0.2) is 38.1 Å². The first-order valence-electron chi connectivity index (χ1n) is 5.82. The molecule has 1 fully saturated rings. The Kier molecular flexibility index (Phi) is 3.59. The average molecular weight is 273 g/mol. The molecule has 1 heterocycles. The Balaban J connectivity index is 2.20. The second-order valence-electron chi connectivity index (χ2n) is 4.53. The quantitative estimate of drug-likeness (QED) is 0.877. The van der Waals surface area contributed by atoms with Gasteiger partial charge in [-0.3, -0.25) is 0 Å². The van der Waals surface area contributed by atoms with Crippen LogP contribution in [0.4, 0.5) is 10.1 Å². The van der Waals surface area contributed by atoms with E-state index < -0.39 is 21.8 Å². The molecule has 18 heavy (non-hydrogen) atoms. The van der Waals surface area contributed by atoms with E-state index in [1.165, 1.54) is 6.07 Å². The minimum atomic E-state index is -2.96. The van der Waals surface area contributed by atoms with Crippen molar-refractivity contribution >= 4 is 15.5 Å². The number of hydrogen-bond donors (Lipinski definition) is 1. The number of aliphatic hydroxyl groups excluding tert-OH is 1. The summed E-state index contributed by atoms with van der Waals surface area (Å²) in [6.07, 6.45) is -0.713. The van der Waals surface area contributed by atoms with Crippen molar-refractivity contribution in [1.29, 1.82) is 0 Å². The highest BCUT2D eigenvalue weighted by atomic mass is 32.2. The van der Waals surface area contributed by atoms with Gasteiger partial charge in [0.1, 0.15) is 5.82 Å². The van der Waals surface area contributed by atoms with E-state index in [1.807, 2.05) is 0 Å². The van der Waals surface area contributed by atoms with Gasteiger partial charge >= 0.3 is 0 Å². The average Bonchev–Trinajstić information content (AvgIpc) is 2.29. The van der Waals surface area contributed by atoms with E-state index in [2.05, 4.69) is 0 Å². The fourth-order valence-corrected chi connectivity index (χ4v) is 3.19. The van der Waals surface area contributed by atoms with Crippen LogP contribution in [-0.2, 0) is 9.84 Å². The molecular weight excluding hydrogens is 257 g/mol. The fourth-order valence-electron chi connectivity index (χ4n) is 1.99. The van der Waals surface area contributed by atoms with Crippen LogP contribution in [0.5, 0.6) is 0 Å². The lowest BCUT2D eigenvalue weighted by atomic mass is 10.1. The van der Waals surface area contributed by atoms with Crippen molar-refractivity contribution < 1.29 is 17.9 Å². The van der Waals surface area contributed by atoms with Gasteiger partial charge in [0.2, 0.25) is 0 Å². The maximum Gasteiger partial charge on any atom is 0.153 e. The summed E-state index contributed by atoms with van der Waals surface area (Å²) in [6, 6.07) is 4.55. The van der Waals surface area contributed by atoms with Crippen molar-refractivity contribution in [2.24, 2.45) is 0 Å². The van der Waals surface area contributed by atoms with Crippen molar-refractivity contribution in [2.45, 2.75) is 13.0 Å². The van der Waals surface area contributed by atoms with Crippen LogP contribution < -0.4 is 4.90 Å². The topological polar surface area (TPSA) is 57.6 Å². The Morgan fingerprint density at radius 2 is 1.94 bits per heavy atom. The minimum absolute atomic E-state index is 0.0601. The Bertz CT molecular complexity index is 528. The molecule has 1 N–H and O–H groups in total. The molecule has 1 aliphatic rings. The van der Waals surface area contributed by atoms with Gasteiger partial charge < -0.3 is 10.0 Å². The summed E-state index contributed by atoms with van der Waals surface area (Å²) in [5, 5.41) is 9.36. The zero-order valence-corrected chi connectivity index (χ0v) is 11.0. The zero-order valence-electron chi connectivity index (χ0n) is 10.1. The first kappa shape index (κ1) is 13.3. The molecule has 1 aromatic rings. The first-order valence-corrected chi connectivity index (χ1v) is 7.64. The van der Waals surface area contributed by atoms with E-state index in [9.17, 15) is 17.9 Å². The number of benzene rings is 1. The van der Waals surface area contributed by atoms with E-state index in [0.29, 0.717) is 24.3 Å². The van der Waals surface area contributed by atoms with Gasteiger partial charge in [-0.25, -0.2) is 12.8 Å². The molecule has 100 valence electrons. The number of nitrogens with zero attached hydrogens (tertiary/aromatic N) is 1. The lowest BCUT2D eigenvalue weighted by Crippen LogP contribution is -2.40. The third kappa shape index (κ3) is 2.81. The van der Waals surface area contributed by atoms with Gasteiger partial charge in [-0.2, -0.15) is 0 Å². The zero-order chi connectivity index (χ0) is 13.3. The van der Waals surface area contributed by atoms with Gasteiger partial charge in [0.15, 0.2) is 9.84 Å². The summed E-state index contributed by atoms with van der Waals surface area (Å²) in [7, 11) is -2.96. The Hall–Kier alpha value is -1.14. The van der Waals surface area contributed by atoms with Crippen molar-refractivity contribution in [1.82, 2.24) is 0 Å². The summed E-state index contributed by atoms with van der Waals surface area (Å²) in [4.78, 5) is 1.72. The normalized spacial score (nSPS) is 20.7. The third-order valence-corrected chi connectivity index (χ3v) is 4.75. The lowest BCUT2D eigenvalue weighted by molar-refractivity contribution is 0.199. The molecular formula is C12H16FNO3S. The molecule has 0 aromatic heterocycles. The largest absolute Gasteiger partial charge is 0.389 e. The molecule has 0 saturated carbocycles. The molecule has 1 saturated heterocycles. The van der Waals surface area contributed by atoms with E-state index in [4.69, 9.17) is 0 Å². The molecule has 0 bridgehead atoms. The van der Waals surface area contributed by atoms with Crippen molar-refractivity contribution in [3.8, 4) is 0 Å². The number of aliphatic hydroxyl groups is 1. The van der Waals surface area contributed by atoms with Crippen LogP contribution in [0.3, 0.4) is 0 Å². The summed E-state index contributed by atoms with van der Waals surface area (Å²) in [5.41, 5.74) is 0.912. The predicted octanol–water partition coefficient (Wildman–Crippen LogP) is 1.11. The van der Waals surface area contributed by atoms with Gasteiger partial charge in [-0.15, -0.1) is 0 Å². The number of hydrogen-bond acceptors (Lipinski definition) is 4. The SMILES string of the molecule is CC(O)c1ccc(N2CCS(=O)(=O)CC2)c(F)c1. The summed E-state index contributed by atoms with van der Waals surface area (Å²) in [6.45, 7) is 2.20. The van der Waals surface area contributed by atoms with E-state index >= 15 is 0 Å². The molecule has 1 aliphatic heterocycles. The summed E-state index contributed by atoms with van der Waals surface area (Å²) in [5.74, 6) is -0.303. The van der Waals surface area contributed by atoms with Gasteiger partial charge in [-0.1, -0.05) is 6.07 Å². The second kappa shape index (κ2) is 4.85. The first-order chi connectivity index (χ1) is 8.39. The molecule has 4 nitrogen and oxygen atoms in total. The molecule has 1 aromatic carbocycles. The van der Waals surface area contributed by atoms with Gasteiger partial charge in [0.05, 0.1) is 23.3 Å². The molecule has 0 radical (unpaired) electrons. The van der Waals surface area contributed by atoms with Crippen LogP contribution in [0.1, 0.15) is 18.6 Å². The molecule has 1 unspecified atom stereocenters. The maximum atomic E-state index is 13.9. The summed E-state index contributed by atoms with van der Waals surface area (Å²) < 4.78 is 36.5. The van der Waals surface area contributed by atoms with Crippen LogP contribution in [0.15, 0.2) is 18.2 Å². The highest BCUT2D eigenvalue weighted by Gasteiger charge is 2.23. The van der Waals surface area contributed by atoms with Gasteiger partial charge in [-0.05, 0) is 24.6 Å². The van der Waals surface area contributed by atoms with E-state index in [0.717, 1.165) is 0 Å². The van der Waals surface area contributed by atoms with Crippen LogP contribution in [0.2, 0.25) is 0 Å². The summed E-state index contributed by atoms with van der Waals surface area (Å²) >= 11 is 0. The Morgan fingerprint density at radius 3 is 2.44 bits per heavy atom. The lowest BCUT2D eigenvalue weighted by Gasteiger charge is -2.29. The smallest absolute Gasteiger partial charge is 0.153 e. The minimum Gasteiger partial charge on any atom is -0.389 e. The Morgan fingerprint density at radius 1 is 1.33 bits per heavy atom. The predicted molar refractivity (Wildman–Crippen MR) is 67.9 cm³/mol. The highest BCUT2D eigenvalue weighted by Crippen LogP contribution is 2.24. The molecule has 2 rings (SSSR count). The van der Waals surface area contributed by atoms with Gasteiger partial charge in [0, 0.05) is 13.1 Å². The number of anilines is 1. The van der Waals surface area contributed by atoms with Crippen LogP contribution in [0.25, 0.3) is 0 Å². The second-order valence-corrected chi connectivity index (χ2v) is 6.83. The fraction of sp³-hybridized carbons (Fsp3) is 0.500. The molecule has 0 spiro atoms.